The summed E-state index contributed by atoms with van der Waals surface area (Å²) in [6.07, 6.45) is 6.74. The van der Waals surface area contributed by atoms with Crippen LogP contribution in [0.5, 0.6) is 5.75 Å². The van der Waals surface area contributed by atoms with Gasteiger partial charge in [-0.1, -0.05) is 25.0 Å². The van der Waals surface area contributed by atoms with Crippen molar-refractivity contribution in [3.05, 3.63) is 41.6 Å². The van der Waals surface area contributed by atoms with Gasteiger partial charge in [-0.2, -0.15) is 5.10 Å². The highest BCUT2D eigenvalue weighted by Crippen LogP contribution is 2.35. The molecule has 1 aliphatic carbocycles. The minimum absolute atomic E-state index is 0.0422. The number of urea groups is 1. The third-order valence-electron chi connectivity index (χ3n) is 5.76. The van der Waals surface area contributed by atoms with Gasteiger partial charge in [-0.15, -0.1) is 0 Å². The largest absolute Gasteiger partial charge is 0.497 e. The third-order valence-corrected chi connectivity index (χ3v) is 5.76. The summed E-state index contributed by atoms with van der Waals surface area (Å²) >= 11 is 0. The topological polar surface area (TPSA) is 59.4 Å². The van der Waals surface area contributed by atoms with Crippen molar-refractivity contribution in [1.82, 2.24) is 14.7 Å². The van der Waals surface area contributed by atoms with Crippen molar-refractivity contribution in [2.24, 2.45) is 0 Å². The molecule has 2 heterocycles. The van der Waals surface area contributed by atoms with E-state index in [1.807, 2.05) is 40.8 Å². The van der Waals surface area contributed by atoms with Gasteiger partial charge in [-0.3, -0.25) is 5.32 Å². The van der Waals surface area contributed by atoms with Gasteiger partial charge in [0, 0.05) is 12.6 Å². The maximum atomic E-state index is 13.1. The van der Waals surface area contributed by atoms with E-state index >= 15 is 0 Å². The van der Waals surface area contributed by atoms with E-state index in [0.29, 0.717) is 6.04 Å². The SMILES string of the molecule is COc1cccc([C@H]2CCCN2C(=O)Nc2cc(C)nn2C2CCCC2)c1. The van der Waals surface area contributed by atoms with Crippen LogP contribution < -0.4 is 10.1 Å². The monoisotopic (exact) mass is 368 g/mol. The van der Waals surface area contributed by atoms with Crippen LogP contribution in [-0.2, 0) is 0 Å². The van der Waals surface area contributed by atoms with Gasteiger partial charge in [0.1, 0.15) is 11.6 Å². The van der Waals surface area contributed by atoms with Crippen molar-refractivity contribution in [3.8, 4) is 5.75 Å². The van der Waals surface area contributed by atoms with E-state index in [0.717, 1.165) is 55.1 Å². The van der Waals surface area contributed by atoms with Crippen molar-refractivity contribution in [3.63, 3.8) is 0 Å². The average Bonchev–Trinajstić information content (AvgIpc) is 3.42. The highest BCUT2D eigenvalue weighted by atomic mass is 16.5. The standard InChI is InChI=1S/C21H28N4O2/c1-15-13-20(25(23-15)17-8-3-4-9-17)22-21(26)24-12-6-11-19(24)16-7-5-10-18(14-16)27-2/h5,7,10,13-14,17,19H,3-4,6,8-9,11-12H2,1-2H3,(H,22,26)/t19-/m1/s1. The highest BCUT2D eigenvalue weighted by molar-refractivity contribution is 5.89. The van der Waals surface area contributed by atoms with E-state index in [9.17, 15) is 4.79 Å². The molecule has 0 radical (unpaired) electrons. The molecule has 1 N–H and O–H groups in total. The summed E-state index contributed by atoms with van der Waals surface area (Å²) in [7, 11) is 1.67. The number of hydrogen-bond acceptors (Lipinski definition) is 3. The normalized spacial score (nSPS) is 20.2. The van der Waals surface area contributed by atoms with Crippen molar-refractivity contribution in [2.45, 2.75) is 57.5 Å². The number of rotatable bonds is 4. The molecule has 0 spiro atoms. The Morgan fingerprint density at radius 3 is 2.78 bits per heavy atom. The number of anilines is 1. The highest BCUT2D eigenvalue weighted by Gasteiger charge is 2.31. The molecular weight excluding hydrogens is 340 g/mol. The number of likely N-dealkylation sites (tertiary alicyclic amines) is 1. The number of ether oxygens (including phenoxy) is 1. The Morgan fingerprint density at radius 2 is 2.00 bits per heavy atom. The molecule has 6 heteroatoms. The number of amides is 2. The number of benzene rings is 1. The van der Waals surface area contributed by atoms with Crippen LogP contribution in [0, 0.1) is 6.92 Å². The van der Waals surface area contributed by atoms with Crippen molar-refractivity contribution in [2.75, 3.05) is 19.0 Å². The number of aryl methyl sites for hydroxylation is 1. The fourth-order valence-electron chi connectivity index (χ4n) is 4.42. The van der Waals surface area contributed by atoms with E-state index in [-0.39, 0.29) is 12.1 Å². The Bertz CT molecular complexity index is 810. The average molecular weight is 368 g/mol. The zero-order chi connectivity index (χ0) is 18.8. The molecule has 4 rings (SSSR count). The number of carbonyl (C=O) groups excluding carboxylic acids is 1. The van der Waals surface area contributed by atoms with Gasteiger partial charge in [0.2, 0.25) is 0 Å². The van der Waals surface area contributed by atoms with Crippen LogP contribution in [0.2, 0.25) is 0 Å². The van der Waals surface area contributed by atoms with Crippen LogP contribution in [0.15, 0.2) is 30.3 Å². The summed E-state index contributed by atoms with van der Waals surface area (Å²) in [6.45, 7) is 2.75. The fourth-order valence-corrected chi connectivity index (χ4v) is 4.42. The first-order valence-electron chi connectivity index (χ1n) is 9.93. The molecule has 1 saturated heterocycles. The van der Waals surface area contributed by atoms with Gasteiger partial charge < -0.3 is 9.64 Å². The van der Waals surface area contributed by atoms with Crippen LogP contribution in [-0.4, -0.2) is 34.4 Å². The molecule has 144 valence electrons. The Morgan fingerprint density at radius 1 is 1.19 bits per heavy atom. The Hall–Kier alpha value is -2.50. The molecule has 0 unspecified atom stereocenters. The van der Waals surface area contributed by atoms with Gasteiger partial charge in [0.25, 0.3) is 0 Å². The quantitative estimate of drug-likeness (QED) is 0.852. The molecule has 1 saturated carbocycles. The summed E-state index contributed by atoms with van der Waals surface area (Å²) in [5.41, 5.74) is 2.07. The minimum Gasteiger partial charge on any atom is -0.497 e. The first kappa shape index (κ1) is 17.9. The van der Waals surface area contributed by atoms with Crippen LogP contribution in [0.1, 0.15) is 61.9 Å². The minimum atomic E-state index is -0.0422. The van der Waals surface area contributed by atoms with E-state index in [1.54, 1.807) is 7.11 Å². The lowest BCUT2D eigenvalue weighted by Crippen LogP contribution is -2.35. The summed E-state index contributed by atoms with van der Waals surface area (Å²) in [5, 5.41) is 7.77. The zero-order valence-electron chi connectivity index (χ0n) is 16.1. The van der Waals surface area contributed by atoms with E-state index in [2.05, 4.69) is 16.5 Å². The molecule has 0 bridgehead atoms. The lowest BCUT2D eigenvalue weighted by molar-refractivity contribution is 0.206. The third kappa shape index (κ3) is 3.66. The summed E-state index contributed by atoms with van der Waals surface area (Å²) in [4.78, 5) is 15.0. The number of nitrogens with zero attached hydrogens (tertiary/aromatic N) is 3. The molecule has 1 atom stereocenters. The molecule has 2 amide bonds. The number of carbonyl (C=O) groups is 1. The zero-order valence-corrected chi connectivity index (χ0v) is 16.1. The fraction of sp³-hybridized carbons (Fsp3) is 0.524. The lowest BCUT2D eigenvalue weighted by atomic mass is 10.0. The first-order valence-corrected chi connectivity index (χ1v) is 9.93. The number of hydrogen-bond donors (Lipinski definition) is 1. The van der Waals surface area contributed by atoms with Gasteiger partial charge in [0.15, 0.2) is 0 Å². The number of aromatic nitrogens is 2. The predicted octanol–water partition coefficient (Wildman–Crippen LogP) is 4.68. The maximum absolute atomic E-state index is 13.1. The number of nitrogens with one attached hydrogen (secondary N) is 1. The summed E-state index contributed by atoms with van der Waals surface area (Å²) in [6, 6.07) is 10.5. The van der Waals surface area contributed by atoms with Crippen molar-refractivity contribution < 1.29 is 9.53 Å². The van der Waals surface area contributed by atoms with Gasteiger partial charge in [-0.05, 0) is 50.3 Å². The van der Waals surface area contributed by atoms with E-state index in [1.165, 1.54) is 12.8 Å². The Balaban J connectivity index is 1.52. The van der Waals surface area contributed by atoms with Crippen molar-refractivity contribution >= 4 is 11.8 Å². The Labute approximate surface area is 160 Å². The maximum Gasteiger partial charge on any atom is 0.323 e. The molecule has 2 fully saturated rings. The second kappa shape index (κ2) is 7.62. The first-order chi connectivity index (χ1) is 13.2. The van der Waals surface area contributed by atoms with Crippen LogP contribution in [0.3, 0.4) is 0 Å². The molecular formula is C21H28N4O2. The second-order valence-electron chi connectivity index (χ2n) is 7.61. The molecule has 2 aromatic rings. The lowest BCUT2D eigenvalue weighted by Gasteiger charge is -2.26. The van der Waals surface area contributed by atoms with Crippen LogP contribution in [0.4, 0.5) is 10.6 Å². The molecule has 6 nitrogen and oxygen atoms in total. The number of methoxy groups -OCH3 is 1. The molecule has 27 heavy (non-hydrogen) atoms. The predicted molar refractivity (Wildman–Crippen MR) is 105 cm³/mol. The van der Waals surface area contributed by atoms with Crippen LogP contribution in [0.25, 0.3) is 0 Å². The smallest absolute Gasteiger partial charge is 0.323 e. The Kier molecular flexibility index (Phi) is 5.05. The van der Waals surface area contributed by atoms with Crippen LogP contribution >= 0.6 is 0 Å². The van der Waals surface area contributed by atoms with Gasteiger partial charge >= 0.3 is 6.03 Å². The van der Waals surface area contributed by atoms with E-state index in [4.69, 9.17) is 4.74 Å². The summed E-state index contributed by atoms with van der Waals surface area (Å²) < 4.78 is 7.38. The second-order valence-corrected chi connectivity index (χ2v) is 7.61. The molecule has 2 aliphatic rings. The molecule has 1 aromatic carbocycles. The van der Waals surface area contributed by atoms with E-state index < -0.39 is 0 Å². The molecule has 1 aliphatic heterocycles. The van der Waals surface area contributed by atoms with Crippen molar-refractivity contribution in [1.29, 1.82) is 0 Å². The molecule has 1 aromatic heterocycles. The van der Waals surface area contributed by atoms with Gasteiger partial charge in [-0.25, -0.2) is 9.48 Å². The summed E-state index contributed by atoms with van der Waals surface area (Å²) in [5.74, 6) is 1.65. The van der Waals surface area contributed by atoms with Gasteiger partial charge in [0.05, 0.1) is 24.9 Å².